The minimum absolute atomic E-state index is 0.0223. The fourth-order valence-corrected chi connectivity index (χ4v) is 3.64. The molecule has 0 saturated carbocycles. The molecule has 2 atom stereocenters. The number of aryl methyl sites for hydroxylation is 1. The van der Waals surface area contributed by atoms with Crippen molar-refractivity contribution in [1.29, 1.82) is 0 Å². The fourth-order valence-electron chi connectivity index (χ4n) is 3.64. The molecule has 0 aromatic heterocycles. The third kappa shape index (κ3) is 2.91. The molecule has 1 aromatic rings. The van der Waals surface area contributed by atoms with E-state index in [0.717, 1.165) is 37.9 Å². The number of benzene rings is 1. The number of nitrogens with zero attached hydrogens (tertiary/aromatic N) is 1. The van der Waals surface area contributed by atoms with E-state index in [1.54, 1.807) is 12.1 Å². The predicted octanol–water partition coefficient (Wildman–Crippen LogP) is 2.45. The van der Waals surface area contributed by atoms with Crippen molar-refractivity contribution in [2.45, 2.75) is 51.1 Å². The van der Waals surface area contributed by atoms with Crippen LogP contribution in [0.5, 0.6) is 5.75 Å². The molecular weight excluding hydrogens is 264 g/mol. The molecule has 0 aliphatic carbocycles. The Bertz CT molecular complexity index is 524. The molecule has 1 amide bonds. The zero-order valence-corrected chi connectivity index (χ0v) is 12.6. The van der Waals surface area contributed by atoms with Gasteiger partial charge in [-0.15, -0.1) is 0 Å². The van der Waals surface area contributed by atoms with E-state index in [1.165, 1.54) is 12.8 Å². The van der Waals surface area contributed by atoms with Crippen molar-refractivity contribution in [2.75, 3.05) is 13.1 Å². The topological polar surface area (TPSA) is 52.6 Å². The molecule has 3 rings (SSSR count). The van der Waals surface area contributed by atoms with Crippen LogP contribution in [-0.4, -0.2) is 41.1 Å². The lowest BCUT2D eigenvalue weighted by molar-refractivity contribution is 0.0560. The van der Waals surface area contributed by atoms with Gasteiger partial charge in [-0.2, -0.15) is 0 Å². The number of phenolic OH excluding ortho intramolecular Hbond substituents is 1. The Balaban J connectivity index is 1.83. The summed E-state index contributed by atoms with van der Waals surface area (Å²) >= 11 is 0. The number of amides is 1. The number of phenols is 1. The first kappa shape index (κ1) is 14.4. The molecule has 0 radical (unpaired) electrons. The van der Waals surface area contributed by atoms with E-state index < -0.39 is 0 Å². The maximum absolute atomic E-state index is 12.8. The lowest BCUT2D eigenvalue weighted by Crippen LogP contribution is -2.52. The van der Waals surface area contributed by atoms with E-state index in [1.807, 2.05) is 17.9 Å². The number of rotatable bonds is 2. The van der Waals surface area contributed by atoms with E-state index in [2.05, 4.69) is 5.32 Å². The third-order valence-electron chi connectivity index (χ3n) is 4.76. The average Bonchev–Trinajstić information content (AvgIpc) is 3.01. The highest BCUT2D eigenvalue weighted by Crippen LogP contribution is 2.28. The zero-order valence-electron chi connectivity index (χ0n) is 12.6. The minimum atomic E-state index is -0.0223. The van der Waals surface area contributed by atoms with Gasteiger partial charge in [0.15, 0.2) is 0 Å². The van der Waals surface area contributed by atoms with Crippen molar-refractivity contribution in [1.82, 2.24) is 10.2 Å². The van der Waals surface area contributed by atoms with E-state index in [0.29, 0.717) is 11.6 Å². The van der Waals surface area contributed by atoms with E-state index in [4.69, 9.17) is 0 Å². The first-order valence-electron chi connectivity index (χ1n) is 8.01. The van der Waals surface area contributed by atoms with Crippen molar-refractivity contribution >= 4 is 5.91 Å². The molecule has 2 fully saturated rings. The smallest absolute Gasteiger partial charge is 0.257 e. The van der Waals surface area contributed by atoms with E-state index >= 15 is 0 Å². The number of piperidine rings is 1. The standard InChI is InChI=1S/C17H24N2O2/c1-12-7-8-13(16(20)11-12)17(21)19-10-3-2-6-15(19)14-5-4-9-18-14/h7-8,11,14-15,18,20H,2-6,9-10H2,1H3. The van der Waals surface area contributed by atoms with Gasteiger partial charge in [-0.25, -0.2) is 0 Å². The Morgan fingerprint density at radius 1 is 1.29 bits per heavy atom. The largest absolute Gasteiger partial charge is 0.507 e. The summed E-state index contributed by atoms with van der Waals surface area (Å²) in [6, 6.07) is 6.00. The molecule has 0 spiro atoms. The van der Waals surface area contributed by atoms with Gasteiger partial charge < -0.3 is 15.3 Å². The Morgan fingerprint density at radius 3 is 2.86 bits per heavy atom. The monoisotopic (exact) mass is 288 g/mol. The molecule has 114 valence electrons. The van der Waals surface area contributed by atoms with Crippen LogP contribution in [-0.2, 0) is 0 Å². The summed E-state index contributed by atoms with van der Waals surface area (Å²) in [7, 11) is 0. The first-order chi connectivity index (χ1) is 10.2. The molecule has 21 heavy (non-hydrogen) atoms. The summed E-state index contributed by atoms with van der Waals surface area (Å²) < 4.78 is 0. The number of carbonyl (C=O) groups excluding carboxylic acids is 1. The Labute approximate surface area is 126 Å². The van der Waals surface area contributed by atoms with Crippen molar-refractivity contribution in [2.24, 2.45) is 0 Å². The van der Waals surface area contributed by atoms with Gasteiger partial charge in [0.2, 0.25) is 0 Å². The molecule has 1 aromatic carbocycles. The van der Waals surface area contributed by atoms with Crippen LogP contribution in [0, 0.1) is 6.92 Å². The van der Waals surface area contributed by atoms with Gasteiger partial charge in [0, 0.05) is 18.6 Å². The van der Waals surface area contributed by atoms with Crippen LogP contribution in [0.25, 0.3) is 0 Å². The van der Waals surface area contributed by atoms with Crippen molar-refractivity contribution < 1.29 is 9.90 Å². The maximum Gasteiger partial charge on any atom is 0.257 e. The Hall–Kier alpha value is -1.55. The van der Waals surface area contributed by atoms with Gasteiger partial charge in [0.25, 0.3) is 5.91 Å². The Morgan fingerprint density at radius 2 is 2.14 bits per heavy atom. The van der Waals surface area contributed by atoms with Gasteiger partial charge in [-0.1, -0.05) is 6.07 Å². The SMILES string of the molecule is Cc1ccc(C(=O)N2CCCCC2C2CCCN2)c(O)c1. The van der Waals surface area contributed by atoms with E-state index in [-0.39, 0.29) is 17.7 Å². The van der Waals surface area contributed by atoms with Crippen LogP contribution in [0.4, 0.5) is 0 Å². The molecule has 4 nitrogen and oxygen atoms in total. The molecular formula is C17H24N2O2. The summed E-state index contributed by atoms with van der Waals surface area (Å²) in [5.74, 6) is 0.0783. The summed E-state index contributed by atoms with van der Waals surface area (Å²) in [4.78, 5) is 14.8. The van der Waals surface area contributed by atoms with Crippen LogP contribution < -0.4 is 5.32 Å². The molecule has 2 unspecified atom stereocenters. The summed E-state index contributed by atoms with van der Waals surface area (Å²) in [6.07, 6.45) is 5.65. The molecule has 2 heterocycles. The third-order valence-corrected chi connectivity index (χ3v) is 4.76. The van der Waals surface area contributed by atoms with Crippen molar-refractivity contribution in [3.8, 4) is 5.75 Å². The first-order valence-corrected chi connectivity index (χ1v) is 8.01. The Kier molecular flexibility index (Phi) is 4.15. The van der Waals surface area contributed by atoms with Gasteiger partial charge in [-0.3, -0.25) is 4.79 Å². The van der Waals surface area contributed by atoms with Crippen LogP contribution in [0.3, 0.4) is 0 Å². The molecule has 2 N–H and O–H groups in total. The van der Waals surface area contributed by atoms with Crippen LogP contribution in [0.1, 0.15) is 48.0 Å². The average molecular weight is 288 g/mol. The van der Waals surface area contributed by atoms with Crippen molar-refractivity contribution in [3.63, 3.8) is 0 Å². The second-order valence-electron chi connectivity index (χ2n) is 6.29. The summed E-state index contributed by atoms with van der Waals surface area (Å²) in [6.45, 7) is 3.77. The highest BCUT2D eigenvalue weighted by molar-refractivity contribution is 5.97. The summed E-state index contributed by atoms with van der Waals surface area (Å²) in [5.41, 5.74) is 1.40. The number of aromatic hydroxyl groups is 1. The molecule has 0 bridgehead atoms. The number of hydrogen-bond donors (Lipinski definition) is 2. The van der Waals surface area contributed by atoms with Crippen LogP contribution in [0.15, 0.2) is 18.2 Å². The molecule has 2 aliphatic heterocycles. The quantitative estimate of drug-likeness (QED) is 0.879. The van der Waals surface area contributed by atoms with Gasteiger partial charge in [-0.05, 0) is 63.3 Å². The van der Waals surface area contributed by atoms with Crippen molar-refractivity contribution in [3.05, 3.63) is 29.3 Å². The minimum Gasteiger partial charge on any atom is -0.507 e. The number of likely N-dealkylation sites (tertiary alicyclic amines) is 1. The van der Waals surface area contributed by atoms with Gasteiger partial charge in [0.1, 0.15) is 5.75 Å². The van der Waals surface area contributed by atoms with E-state index in [9.17, 15) is 9.90 Å². The lowest BCUT2D eigenvalue weighted by Gasteiger charge is -2.39. The highest BCUT2D eigenvalue weighted by atomic mass is 16.3. The number of carbonyl (C=O) groups is 1. The van der Waals surface area contributed by atoms with Gasteiger partial charge >= 0.3 is 0 Å². The fraction of sp³-hybridized carbons (Fsp3) is 0.588. The maximum atomic E-state index is 12.8. The lowest BCUT2D eigenvalue weighted by atomic mass is 9.93. The zero-order chi connectivity index (χ0) is 14.8. The molecule has 2 saturated heterocycles. The molecule has 4 heteroatoms. The predicted molar refractivity (Wildman–Crippen MR) is 82.5 cm³/mol. The molecule has 2 aliphatic rings. The number of hydrogen-bond acceptors (Lipinski definition) is 3. The van der Waals surface area contributed by atoms with Crippen LogP contribution >= 0.6 is 0 Å². The second-order valence-corrected chi connectivity index (χ2v) is 6.29. The second kappa shape index (κ2) is 6.06. The van der Waals surface area contributed by atoms with Crippen LogP contribution in [0.2, 0.25) is 0 Å². The highest BCUT2D eigenvalue weighted by Gasteiger charge is 2.35. The van der Waals surface area contributed by atoms with Gasteiger partial charge in [0.05, 0.1) is 5.56 Å². The number of nitrogens with one attached hydrogen (secondary N) is 1. The summed E-state index contributed by atoms with van der Waals surface area (Å²) in [5, 5.41) is 13.6. The normalized spacial score (nSPS) is 26.0.